The van der Waals surface area contributed by atoms with E-state index in [1.807, 2.05) is 34.6 Å². The van der Waals surface area contributed by atoms with Gasteiger partial charge in [0, 0.05) is 27.7 Å². The summed E-state index contributed by atoms with van der Waals surface area (Å²) in [5.41, 5.74) is 0. The summed E-state index contributed by atoms with van der Waals surface area (Å²) < 4.78 is 22.5. The van der Waals surface area contributed by atoms with Gasteiger partial charge in [-0.05, 0) is 58.4 Å². The molecule has 0 spiro atoms. The maximum Gasteiger partial charge on any atom is 0.329 e. The molecule has 0 radical (unpaired) electrons. The zero-order valence-electron chi connectivity index (χ0n) is 31.1. The van der Waals surface area contributed by atoms with E-state index in [-0.39, 0.29) is 43.9 Å². The number of carbonyl (C=O) groups excluding carboxylic acids is 6. The van der Waals surface area contributed by atoms with Crippen molar-refractivity contribution in [3.05, 3.63) is 0 Å². The van der Waals surface area contributed by atoms with E-state index in [4.69, 9.17) is 18.9 Å². The molecule has 6 atom stereocenters. The Morgan fingerprint density at radius 2 is 1.17 bits per heavy atom. The number of hydrogen-bond donors (Lipinski definition) is 0. The fourth-order valence-electron chi connectivity index (χ4n) is 5.60. The number of hydrogen-bond acceptors (Lipinski definition) is 11. The normalized spacial score (nSPS) is 28.0. The van der Waals surface area contributed by atoms with Crippen LogP contribution in [0.25, 0.3) is 0 Å². The minimum atomic E-state index is -1.30. The highest BCUT2D eigenvalue weighted by Crippen LogP contribution is 2.18. The molecule has 0 aromatic heterocycles. The van der Waals surface area contributed by atoms with E-state index in [9.17, 15) is 28.8 Å². The number of nitrogens with zero attached hydrogens (tertiary/aromatic N) is 4. The van der Waals surface area contributed by atoms with Crippen LogP contribution in [0.3, 0.4) is 0 Å². The molecule has 1 aliphatic heterocycles. The van der Waals surface area contributed by atoms with Gasteiger partial charge in [-0.15, -0.1) is 0 Å². The van der Waals surface area contributed by atoms with Crippen LogP contribution in [0.5, 0.6) is 0 Å². The smallest absolute Gasteiger partial charge is 0.329 e. The molecule has 48 heavy (non-hydrogen) atoms. The Hall–Kier alpha value is -3.26. The van der Waals surface area contributed by atoms with Crippen LogP contribution in [0.15, 0.2) is 0 Å². The summed E-state index contributed by atoms with van der Waals surface area (Å²) in [6.45, 7) is 14.5. The second kappa shape index (κ2) is 20.3. The molecular formula is C34H60N4O10. The third-order valence-corrected chi connectivity index (χ3v) is 8.65. The van der Waals surface area contributed by atoms with Gasteiger partial charge in [-0.1, -0.05) is 41.5 Å². The Labute approximate surface area is 286 Å². The van der Waals surface area contributed by atoms with Crippen molar-refractivity contribution in [2.45, 2.75) is 117 Å². The fraction of sp³-hybridized carbons (Fsp3) is 0.824. The second-order valence-electron chi connectivity index (χ2n) is 13.5. The van der Waals surface area contributed by atoms with Crippen LogP contribution in [0.4, 0.5) is 0 Å². The zero-order valence-corrected chi connectivity index (χ0v) is 31.1. The number of ether oxygens (including phenoxy) is 4. The van der Waals surface area contributed by atoms with Gasteiger partial charge in [0.05, 0.1) is 19.3 Å². The summed E-state index contributed by atoms with van der Waals surface area (Å²) in [5.74, 6) is -3.62. The summed E-state index contributed by atoms with van der Waals surface area (Å²) in [4.78, 5) is 85.1. The largest absolute Gasteiger partial charge is 0.454 e. The van der Waals surface area contributed by atoms with Crippen molar-refractivity contribution in [1.82, 2.24) is 19.6 Å². The molecule has 14 heteroatoms. The van der Waals surface area contributed by atoms with E-state index in [0.717, 1.165) is 4.90 Å². The van der Waals surface area contributed by atoms with E-state index >= 15 is 0 Å². The van der Waals surface area contributed by atoms with Crippen molar-refractivity contribution in [3.63, 3.8) is 0 Å². The summed E-state index contributed by atoms with van der Waals surface area (Å²) in [7, 11) is 6.21. The maximum absolute atomic E-state index is 13.5. The van der Waals surface area contributed by atoms with E-state index in [1.165, 1.54) is 37.7 Å². The molecule has 0 saturated carbocycles. The molecule has 6 unspecified atom stereocenters. The Bertz CT molecular complexity index is 1100. The van der Waals surface area contributed by atoms with Gasteiger partial charge in [0.25, 0.3) is 17.7 Å². The molecule has 0 aromatic rings. The van der Waals surface area contributed by atoms with Crippen molar-refractivity contribution >= 4 is 35.6 Å². The van der Waals surface area contributed by atoms with Gasteiger partial charge in [-0.3, -0.25) is 24.1 Å². The van der Waals surface area contributed by atoms with Gasteiger partial charge in [0.1, 0.15) is 18.1 Å². The van der Waals surface area contributed by atoms with E-state index < -0.39 is 72.6 Å². The van der Waals surface area contributed by atoms with Crippen LogP contribution < -0.4 is 0 Å². The molecule has 14 nitrogen and oxygen atoms in total. The van der Waals surface area contributed by atoms with E-state index in [1.54, 1.807) is 25.9 Å². The monoisotopic (exact) mass is 684 g/mol. The van der Waals surface area contributed by atoms with Gasteiger partial charge >= 0.3 is 17.9 Å². The van der Waals surface area contributed by atoms with E-state index in [2.05, 4.69) is 0 Å². The van der Waals surface area contributed by atoms with Gasteiger partial charge < -0.3 is 33.6 Å². The summed E-state index contributed by atoms with van der Waals surface area (Å²) >= 11 is 0. The summed E-state index contributed by atoms with van der Waals surface area (Å²) in [6.07, 6.45) is -0.972. The van der Waals surface area contributed by atoms with Crippen LogP contribution in [0, 0.1) is 11.8 Å². The highest BCUT2D eigenvalue weighted by atomic mass is 16.6. The van der Waals surface area contributed by atoms with Crippen LogP contribution in [0.1, 0.15) is 81.1 Å². The lowest BCUT2D eigenvalue weighted by Gasteiger charge is -2.34. The number of cyclic esters (lactones) is 3. The number of amides is 3. The summed E-state index contributed by atoms with van der Waals surface area (Å²) in [5, 5.41) is 0. The van der Waals surface area contributed by atoms with Crippen molar-refractivity contribution in [2.75, 3.05) is 54.6 Å². The van der Waals surface area contributed by atoms with Crippen LogP contribution in [-0.2, 0) is 47.7 Å². The van der Waals surface area contributed by atoms with Gasteiger partial charge in [0.15, 0.2) is 18.8 Å². The standard InChI is InChI=1S/C34H60N4O10/c1-13-26-32(42)46-20-29(39)37(11)27(14-2)33(43)47-24(8)31(41)38(12)28(18-22(5)6)34(44)48-23(7)30(40)36(10)25(17-21(3)4)19-45-16-15-35(26)9/h21-28H,13-20H2,1-12H3. The average Bonchev–Trinajstić information content (AvgIpc) is 3.02. The van der Waals surface area contributed by atoms with Gasteiger partial charge in [-0.2, -0.15) is 0 Å². The third kappa shape index (κ3) is 12.6. The molecule has 1 heterocycles. The van der Waals surface area contributed by atoms with Gasteiger partial charge in [-0.25, -0.2) is 9.59 Å². The Morgan fingerprint density at radius 1 is 0.667 bits per heavy atom. The first-order valence-electron chi connectivity index (χ1n) is 17.0. The Kier molecular flexibility index (Phi) is 18.1. The first kappa shape index (κ1) is 42.8. The number of esters is 3. The molecule has 0 aromatic carbocycles. The van der Waals surface area contributed by atoms with Crippen molar-refractivity contribution in [2.24, 2.45) is 11.8 Å². The predicted molar refractivity (Wildman–Crippen MR) is 178 cm³/mol. The highest BCUT2D eigenvalue weighted by Gasteiger charge is 2.37. The Balaban J connectivity index is 3.43. The quantitative estimate of drug-likeness (QED) is 0.299. The van der Waals surface area contributed by atoms with Crippen LogP contribution in [-0.4, -0.2) is 146 Å². The second-order valence-corrected chi connectivity index (χ2v) is 13.5. The van der Waals surface area contributed by atoms with Crippen molar-refractivity contribution in [3.8, 4) is 0 Å². The molecule has 276 valence electrons. The van der Waals surface area contributed by atoms with Gasteiger partial charge in [0.2, 0.25) is 0 Å². The van der Waals surface area contributed by atoms with Crippen LogP contribution >= 0.6 is 0 Å². The number of likely N-dealkylation sites (N-methyl/N-ethyl adjacent to an activating group) is 4. The maximum atomic E-state index is 13.5. The first-order chi connectivity index (χ1) is 22.4. The van der Waals surface area contributed by atoms with Crippen molar-refractivity contribution < 1.29 is 47.7 Å². The lowest BCUT2D eigenvalue weighted by molar-refractivity contribution is -0.171. The molecule has 3 amide bonds. The zero-order chi connectivity index (χ0) is 36.9. The predicted octanol–water partition coefficient (Wildman–Crippen LogP) is 2.12. The first-order valence-corrected chi connectivity index (χ1v) is 17.0. The Morgan fingerprint density at radius 3 is 1.67 bits per heavy atom. The molecule has 1 aliphatic rings. The highest BCUT2D eigenvalue weighted by molar-refractivity contribution is 5.91. The average molecular weight is 685 g/mol. The molecule has 0 bridgehead atoms. The topological polar surface area (TPSA) is 152 Å². The molecule has 1 saturated heterocycles. The number of carbonyl (C=O) groups is 6. The molecule has 1 rings (SSSR count). The number of rotatable bonds is 6. The molecule has 1 fully saturated rings. The van der Waals surface area contributed by atoms with Crippen molar-refractivity contribution in [1.29, 1.82) is 0 Å². The molecule has 0 N–H and O–H groups in total. The fourth-order valence-corrected chi connectivity index (χ4v) is 5.60. The minimum Gasteiger partial charge on any atom is -0.454 e. The minimum absolute atomic E-state index is 0.0198. The summed E-state index contributed by atoms with van der Waals surface area (Å²) in [6, 6.07) is -3.06. The lowest BCUT2D eigenvalue weighted by atomic mass is 10.0. The molecule has 0 aliphatic carbocycles. The van der Waals surface area contributed by atoms with E-state index in [0.29, 0.717) is 19.4 Å². The lowest BCUT2D eigenvalue weighted by Crippen LogP contribution is -2.52. The SMILES string of the molecule is CCC1C(=O)OCC(=O)N(C)C(CC)C(=O)OC(C)C(=O)N(C)C(CC(C)C)C(=O)OC(C)C(=O)N(C)C(CC(C)C)COCCN1C. The van der Waals surface area contributed by atoms with Crippen LogP contribution in [0.2, 0.25) is 0 Å². The molecular weight excluding hydrogens is 624 g/mol. The third-order valence-electron chi connectivity index (χ3n) is 8.65.